The molecule has 0 bridgehead atoms. The van der Waals surface area contributed by atoms with Crippen LogP contribution >= 0.6 is 27.3 Å². The van der Waals surface area contributed by atoms with Crippen LogP contribution in [0.3, 0.4) is 0 Å². The zero-order valence-corrected chi connectivity index (χ0v) is 12.6. The fourth-order valence-corrected chi connectivity index (χ4v) is 3.33. The van der Waals surface area contributed by atoms with Crippen LogP contribution in [0.25, 0.3) is 0 Å². The Morgan fingerprint density at radius 2 is 2.32 bits per heavy atom. The number of benzene rings is 1. The Labute approximate surface area is 124 Å². The first-order valence-corrected chi connectivity index (χ1v) is 7.58. The van der Waals surface area contributed by atoms with Gasteiger partial charge in [0.15, 0.2) is 0 Å². The zero-order valence-electron chi connectivity index (χ0n) is 10.2. The molecule has 1 N–H and O–H groups in total. The van der Waals surface area contributed by atoms with Crippen LogP contribution in [0.15, 0.2) is 40.4 Å². The van der Waals surface area contributed by atoms with Crippen molar-refractivity contribution in [3.05, 3.63) is 50.9 Å². The summed E-state index contributed by atoms with van der Waals surface area (Å²) >= 11 is 4.96. The SMILES string of the molecule is N#C[C@@H](c1cccc(Br)c1)[C@@H](CCO)c1cncs1. The van der Waals surface area contributed by atoms with E-state index in [9.17, 15) is 10.4 Å². The summed E-state index contributed by atoms with van der Waals surface area (Å²) in [6.45, 7) is 0.0642. The second kappa shape index (κ2) is 6.80. The smallest absolute Gasteiger partial charge is 0.0794 e. The van der Waals surface area contributed by atoms with Crippen molar-refractivity contribution in [1.29, 1.82) is 5.26 Å². The van der Waals surface area contributed by atoms with E-state index in [0.29, 0.717) is 6.42 Å². The number of aromatic nitrogens is 1. The zero-order chi connectivity index (χ0) is 13.7. The Morgan fingerprint density at radius 1 is 1.47 bits per heavy atom. The van der Waals surface area contributed by atoms with Gasteiger partial charge < -0.3 is 5.11 Å². The molecule has 2 aromatic rings. The maximum absolute atomic E-state index is 9.50. The summed E-state index contributed by atoms with van der Waals surface area (Å²) < 4.78 is 0.956. The molecule has 1 aromatic carbocycles. The number of rotatable bonds is 5. The van der Waals surface area contributed by atoms with Crippen molar-refractivity contribution in [2.24, 2.45) is 0 Å². The molecule has 2 atom stereocenters. The van der Waals surface area contributed by atoms with Gasteiger partial charge in [0.2, 0.25) is 0 Å². The lowest BCUT2D eigenvalue weighted by Gasteiger charge is -2.20. The first-order chi connectivity index (χ1) is 9.26. The molecule has 19 heavy (non-hydrogen) atoms. The Kier molecular flexibility index (Phi) is 5.08. The van der Waals surface area contributed by atoms with Crippen LogP contribution in [-0.2, 0) is 0 Å². The van der Waals surface area contributed by atoms with Crippen molar-refractivity contribution in [3.63, 3.8) is 0 Å². The molecule has 2 rings (SSSR count). The van der Waals surface area contributed by atoms with Gasteiger partial charge in [-0.3, -0.25) is 4.98 Å². The summed E-state index contributed by atoms with van der Waals surface area (Å²) in [4.78, 5) is 5.11. The molecule has 5 heteroatoms. The first kappa shape index (κ1) is 14.2. The van der Waals surface area contributed by atoms with Gasteiger partial charge in [0.25, 0.3) is 0 Å². The standard InChI is InChI=1S/C14H13BrN2OS/c15-11-3-1-2-10(6-11)13(7-16)12(4-5-18)14-8-17-9-19-14/h1-3,6,8-9,12-13,18H,4-5H2/t12-,13+/m1/s1. The molecule has 0 aliphatic carbocycles. The number of aliphatic hydroxyl groups excluding tert-OH is 1. The highest BCUT2D eigenvalue weighted by atomic mass is 79.9. The average Bonchev–Trinajstić information content (AvgIpc) is 2.92. The van der Waals surface area contributed by atoms with E-state index in [-0.39, 0.29) is 18.4 Å². The number of hydrogen-bond acceptors (Lipinski definition) is 4. The van der Waals surface area contributed by atoms with E-state index in [1.165, 1.54) is 11.3 Å². The number of nitrogens with zero attached hydrogens (tertiary/aromatic N) is 2. The van der Waals surface area contributed by atoms with Gasteiger partial charge in [0, 0.05) is 28.1 Å². The second-order valence-electron chi connectivity index (χ2n) is 4.18. The lowest BCUT2D eigenvalue weighted by molar-refractivity contribution is 0.273. The number of nitriles is 1. The van der Waals surface area contributed by atoms with Gasteiger partial charge in [0.05, 0.1) is 17.5 Å². The minimum atomic E-state index is -0.273. The number of aliphatic hydroxyl groups is 1. The van der Waals surface area contributed by atoms with E-state index < -0.39 is 0 Å². The van der Waals surface area contributed by atoms with Crippen LogP contribution in [0.4, 0.5) is 0 Å². The van der Waals surface area contributed by atoms with Crippen molar-refractivity contribution in [1.82, 2.24) is 4.98 Å². The van der Waals surface area contributed by atoms with Crippen molar-refractivity contribution in [3.8, 4) is 6.07 Å². The molecule has 0 saturated heterocycles. The molecule has 0 aliphatic heterocycles. The second-order valence-corrected chi connectivity index (χ2v) is 6.02. The van der Waals surface area contributed by atoms with Gasteiger partial charge in [-0.2, -0.15) is 5.26 Å². The third-order valence-electron chi connectivity index (χ3n) is 3.01. The van der Waals surface area contributed by atoms with E-state index in [4.69, 9.17) is 0 Å². The van der Waals surface area contributed by atoms with E-state index in [1.807, 2.05) is 24.3 Å². The molecule has 1 heterocycles. The quantitative estimate of drug-likeness (QED) is 0.905. The van der Waals surface area contributed by atoms with Gasteiger partial charge in [-0.25, -0.2) is 0 Å². The summed E-state index contributed by atoms with van der Waals surface area (Å²) in [6.07, 6.45) is 2.35. The fraction of sp³-hybridized carbons (Fsp3) is 0.286. The molecular formula is C14H13BrN2OS. The lowest BCUT2D eigenvalue weighted by Crippen LogP contribution is -2.10. The number of thiazole rings is 1. The van der Waals surface area contributed by atoms with Crippen LogP contribution in [0, 0.1) is 11.3 Å². The average molecular weight is 337 g/mol. The molecule has 0 amide bonds. The molecule has 0 unspecified atom stereocenters. The van der Waals surface area contributed by atoms with Gasteiger partial charge in [-0.1, -0.05) is 28.1 Å². The van der Waals surface area contributed by atoms with E-state index in [2.05, 4.69) is 27.0 Å². The third kappa shape index (κ3) is 3.41. The highest BCUT2D eigenvalue weighted by Crippen LogP contribution is 2.37. The normalized spacial score (nSPS) is 13.7. The summed E-state index contributed by atoms with van der Waals surface area (Å²) in [5.41, 5.74) is 2.72. The fourth-order valence-electron chi connectivity index (χ4n) is 2.12. The molecule has 0 spiro atoms. The highest BCUT2D eigenvalue weighted by molar-refractivity contribution is 9.10. The van der Waals surface area contributed by atoms with Gasteiger partial charge in [0.1, 0.15) is 0 Å². The van der Waals surface area contributed by atoms with Crippen molar-refractivity contribution in [2.75, 3.05) is 6.61 Å². The van der Waals surface area contributed by atoms with E-state index in [0.717, 1.165) is 14.9 Å². The van der Waals surface area contributed by atoms with Crippen molar-refractivity contribution < 1.29 is 5.11 Å². The predicted molar refractivity (Wildman–Crippen MR) is 79.1 cm³/mol. The summed E-state index contributed by atoms with van der Waals surface area (Å²) in [6, 6.07) is 10.1. The summed E-state index contributed by atoms with van der Waals surface area (Å²) in [7, 11) is 0. The molecule has 98 valence electrons. The third-order valence-corrected chi connectivity index (χ3v) is 4.41. The van der Waals surface area contributed by atoms with Crippen LogP contribution in [0.2, 0.25) is 0 Å². The maximum atomic E-state index is 9.50. The minimum absolute atomic E-state index is 0.0169. The summed E-state index contributed by atoms with van der Waals surface area (Å²) in [5, 5.41) is 18.8. The molecule has 0 radical (unpaired) electrons. The molecule has 0 fully saturated rings. The van der Waals surface area contributed by atoms with Crippen LogP contribution in [0.5, 0.6) is 0 Å². The van der Waals surface area contributed by atoms with E-state index >= 15 is 0 Å². The first-order valence-electron chi connectivity index (χ1n) is 5.90. The van der Waals surface area contributed by atoms with Crippen LogP contribution in [-0.4, -0.2) is 16.7 Å². The molecular weight excluding hydrogens is 324 g/mol. The van der Waals surface area contributed by atoms with Gasteiger partial charge >= 0.3 is 0 Å². The summed E-state index contributed by atoms with van der Waals surface area (Å²) in [5.74, 6) is -0.290. The lowest BCUT2D eigenvalue weighted by atomic mass is 9.84. The monoisotopic (exact) mass is 336 g/mol. The predicted octanol–water partition coefficient (Wildman–Crippen LogP) is 3.68. The molecule has 3 nitrogen and oxygen atoms in total. The van der Waals surface area contributed by atoms with Crippen LogP contribution < -0.4 is 0 Å². The Bertz CT molecular complexity index is 565. The Morgan fingerprint density at radius 3 is 2.89 bits per heavy atom. The van der Waals surface area contributed by atoms with Gasteiger partial charge in [-0.05, 0) is 24.1 Å². The number of hydrogen-bond donors (Lipinski definition) is 1. The molecule has 1 aromatic heterocycles. The number of halogens is 1. The van der Waals surface area contributed by atoms with E-state index in [1.54, 1.807) is 11.7 Å². The Hall–Kier alpha value is -1.22. The minimum Gasteiger partial charge on any atom is -0.396 e. The highest BCUT2D eigenvalue weighted by Gasteiger charge is 2.25. The topological polar surface area (TPSA) is 56.9 Å². The Balaban J connectivity index is 2.36. The van der Waals surface area contributed by atoms with Crippen molar-refractivity contribution in [2.45, 2.75) is 18.3 Å². The maximum Gasteiger partial charge on any atom is 0.0794 e. The van der Waals surface area contributed by atoms with Gasteiger partial charge in [-0.15, -0.1) is 11.3 Å². The van der Waals surface area contributed by atoms with Crippen LogP contribution in [0.1, 0.15) is 28.7 Å². The molecule has 0 aliphatic rings. The van der Waals surface area contributed by atoms with Crippen molar-refractivity contribution >= 4 is 27.3 Å². The molecule has 0 saturated carbocycles. The largest absolute Gasteiger partial charge is 0.396 e.